The van der Waals surface area contributed by atoms with E-state index < -0.39 is 24.4 Å². The summed E-state index contributed by atoms with van der Waals surface area (Å²) in [5, 5.41) is 0.369. The summed E-state index contributed by atoms with van der Waals surface area (Å²) in [6.07, 6.45) is -4.50. The molecule has 0 aliphatic carbocycles. The summed E-state index contributed by atoms with van der Waals surface area (Å²) >= 11 is 0. The Morgan fingerprint density at radius 2 is 2.00 bits per heavy atom. The lowest BCUT2D eigenvalue weighted by atomic mass is 10.1. The van der Waals surface area contributed by atoms with E-state index in [2.05, 4.69) is 0 Å². The predicted octanol–water partition coefficient (Wildman–Crippen LogP) is 3.51. The van der Waals surface area contributed by atoms with Crippen molar-refractivity contribution in [1.82, 2.24) is 4.90 Å². The number of amides is 1. The number of alkyl halides is 3. The van der Waals surface area contributed by atoms with Gasteiger partial charge in [-0.05, 0) is 24.6 Å². The lowest BCUT2D eigenvalue weighted by Gasteiger charge is -2.17. The number of carbonyl (C=O) groups is 1. The predicted molar refractivity (Wildman–Crippen MR) is 63.9 cm³/mol. The molecule has 0 aliphatic rings. The van der Waals surface area contributed by atoms with E-state index in [1.165, 1.54) is 18.2 Å². The minimum Gasteiger partial charge on any atom is -0.448 e. The Labute approximate surface area is 111 Å². The van der Waals surface area contributed by atoms with Crippen LogP contribution < -0.4 is 0 Å². The van der Waals surface area contributed by atoms with Crippen molar-refractivity contribution in [3.8, 4) is 0 Å². The first-order chi connectivity index (χ1) is 9.19. The number of carbonyl (C=O) groups excluding carboxylic acids is 1. The van der Waals surface area contributed by atoms with Gasteiger partial charge in [0.05, 0.1) is 0 Å². The monoisotopic (exact) mass is 289 g/mol. The van der Waals surface area contributed by atoms with E-state index in [-0.39, 0.29) is 11.3 Å². The zero-order valence-corrected chi connectivity index (χ0v) is 10.7. The first-order valence-corrected chi connectivity index (χ1v) is 5.70. The molecular formula is C13H11F4NO2. The molecule has 0 radical (unpaired) electrons. The molecule has 0 spiro atoms. The molecule has 0 saturated heterocycles. The number of aryl methyl sites for hydroxylation is 1. The molecule has 108 valence electrons. The van der Waals surface area contributed by atoms with Gasteiger partial charge in [0.2, 0.25) is 0 Å². The van der Waals surface area contributed by atoms with Gasteiger partial charge in [-0.15, -0.1) is 0 Å². The Bertz CT molecular complexity index is 621. The standard InChI is InChI=1S/C13H11F4NO2/c1-7-3-4-9(14)11-8(7)5-10(20-11)12(19)18(2)6-13(15,16)17/h3-5H,6H2,1-2H3. The number of halogens is 4. The molecular weight excluding hydrogens is 278 g/mol. The molecule has 2 rings (SSSR count). The van der Waals surface area contributed by atoms with Crippen molar-refractivity contribution >= 4 is 16.9 Å². The van der Waals surface area contributed by atoms with Crippen LogP contribution in [-0.2, 0) is 0 Å². The first-order valence-electron chi connectivity index (χ1n) is 5.70. The van der Waals surface area contributed by atoms with Crippen LogP contribution in [0.5, 0.6) is 0 Å². The molecule has 0 aliphatic heterocycles. The van der Waals surface area contributed by atoms with E-state index >= 15 is 0 Å². The van der Waals surface area contributed by atoms with Crippen molar-refractivity contribution in [2.24, 2.45) is 0 Å². The van der Waals surface area contributed by atoms with Gasteiger partial charge in [0, 0.05) is 12.4 Å². The van der Waals surface area contributed by atoms with Crippen LogP contribution >= 0.6 is 0 Å². The Hall–Kier alpha value is -2.05. The van der Waals surface area contributed by atoms with E-state index in [1.807, 2.05) is 0 Å². The van der Waals surface area contributed by atoms with Crippen molar-refractivity contribution in [3.63, 3.8) is 0 Å². The number of benzene rings is 1. The molecule has 0 atom stereocenters. The number of hydrogen-bond donors (Lipinski definition) is 0. The van der Waals surface area contributed by atoms with Crippen LogP contribution in [0.3, 0.4) is 0 Å². The van der Waals surface area contributed by atoms with Crippen LogP contribution in [0.15, 0.2) is 22.6 Å². The van der Waals surface area contributed by atoms with Crippen LogP contribution in [-0.4, -0.2) is 30.6 Å². The summed E-state index contributed by atoms with van der Waals surface area (Å²) < 4.78 is 55.3. The minimum absolute atomic E-state index is 0.131. The highest BCUT2D eigenvalue weighted by molar-refractivity contribution is 5.96. The van der Waals surface area contributed by atoms with Gasteiger partial charge >= 0.3 is 6.18 Å². The van der Waals surface area contributed by atoms with Gasteiger partial charge in [-0.2, -0.15) is 13.2 Å². The van der Waals surface area contributed by atoms with E-state index in [4.69, 9.17) is 4.42 Å². The lowest BCUT2D eigenvalue weighted by Crippen LogP contribution is -2.35. The third kappa shape index (κ3) is 2.76. The molecule has 0 saturated carbocycles. The summed E-state index contributed by atoms with van der Waals surface area (Å²) in [4.78, 5) is 12.3. The molecule has 7 heteroatoms. The third-order valence-electron chi connectivity index (χ3n) is 2.83. The molecule has 0 bridgehead atoms. The molecule has 2 aromatic rings. The second-order valence-corrected chi connectivity index (χ2v) is 4.49. The number of furan rings is 1. The summed E-state index contributed by atoms with van der Waals surface area (Å²) in [6, 6.07) is 3.93. The van der Waals surface area contributed by atoms with Gasteiger partial charge in [0.15, 0.2) is 17.2 Å². The topological polar surface area (TPSA) is 33.5 Å². The maximum absolute atomic E-state index is 13.5. The highest BCUT2D eigenvalue weighted by Crippen LogP contribution is 2.26. The van der Waals surface area contributed by atoms with Gasteiger partial charge in [-0.3, -0.25) is 4.79 Å². The number of nitrogens with zero attached hydrogens (tertiary/aromatic N) is 1. The maximum atomic E-state index is 13.5. The molecule has 0 N–H and O–H groups in total. The van der Waals surface area contributed by atoms with Crippen LogP contribution in [0.2, 0.25) is 0 Å². The van der Waals surface area contributed by atoms with Crippen LogP contribution in [0, 0.1) is 12.7 Å². The molecule has 3 nitrogen and oxygen atoms in total. The Morgan fingerprint density at radius 1 is 1.35 bits per heavy atom. The fourth-order valence-corrected chi connectivity index (χ4v) is 1.86. The van der Waals surface area contributed by atoms with Crippen molar-refractivity contribution in [2.45, 2.75) is 13.1 Å². The Kier molecular flexibility index (Phi) is 3.45. The normalized spacial score (nSPS) is 11.9. The Balaban J connectivity index is 2.36. The summed E-state index contributed by atoms with van der Waals surface area (Å²) in [5.41, 5.74) is 0.538. The van der Waals surface area contributed by atoms with Crippen molar-refractivity contribution in [3.05, 3.63) is 35.3 Å². The van der Waals surface area contributed by atoms with Crippen molar-refractivity contribution < 1.29 is 26.8 Å². The molecule has 0 fully saturated rings. The highest BCUT2D eigenvalue weighted by atomic mass is 19.4. The largest absolute Gasteiger partial charge is 0.448 e. The molecule has 1 amide bonds. The van der Waals surface area contributed by atoms with Crippen LogP contribution in [0.4, 0.5) is 17.6 Å². The zero-order chi connectivity index (χ0) is 15.1. The van der Waals surface area contributed by atoms with E-state index in [1.54, 1.807) is 6.92 Å². The average molecular weight is 289 g/mol. The highest BCUT2D eigenvalue weighted by Gasteiger charge is 2.32. The van der Waals surface area contributed by atoms with E-state index in [0.29, 0.717) is 15.8 Å². The lowest BCUT2D eigenvalue weighted by molar-refractivity contribution is -0.138. The molecule has 20 heavy (non-hydrogen) atoms. The Morgan fingerprint density at radius 3 is 2.55 bits per heavy atom. The molecule has 1 aromatic heterocycles. The fourth-order valence-electron chi connectivity index (χ4n) is 1.86. The SMILES string of the molecule is Cc1ccc(F)c2oc(C(=O)N(C)CC(F)(F)F)cc12. The average Bonchev–Trinajstić information content (AvgIpc) is 2.77. The zero-order valence-electron chi connectivity index (χ0n) is 10.7. The number of hydrogen-bond acceptors (Lipinski definition) is 2. The summed E-state index contributed by atoms with van der Waals surface area (Å²) in [6.45, 7) is 0.287. The third-order valence-corrected chi connectivity index (χ3v) is 2.83. The van der Waals surface area contributed by atoms with Gasteiger partial charge in [0.1, 0.15) is 6.54 Å². The molecule has 1 aromatic carbocycles. The van der Waals surface area contributed by atoms with E-state index in [9.17, 15) is 22.4 Å². The summed E-state index contributed by atoms with van der Waals surface area (Å²) in [7, 11) is 1.01. The van der Waals surface area contributed by atoms with Crippen molar-refractivity contribution in [2.75, 3.05) is 13.6 Å². The molecule has 0 unspecified atom stereocenters. The first kappa shape index (κ1) is 14.4. The van der Waals surface area contributed by atoms with E-state index in [0.717, 1.165) is 7.05 Å². The molecule has 1 heterocycles. The minimum atomic E-state index is -4.50. The second kappa shape index (κ2) is 4.81. The second-order valence-electron chi connectivity index (χ2n) is 4.49. The smallest absolute Gasteiger partial charge is 0.406 e. The van der Waals surface area contributed by atoms with Crippen LogP contribution in [0.25, 0.3) is 11.0 Å². The van der Waals surface area contributed by atoms with Crippen LogP contribution in [0.1, 0.15) is 16.1 Å². The number of fused-ring (bicyclic) bond motifs is 1. The van der Waals surface area contributed by atoms with Crippen molar-refractivity contribution in [1.29, 1.82) is 0 Å². The number of rotatable bonds is 2. The van der Waals surface area contributed by atoms with Gasteiger partial charge in [-0.1, -0.05) is 6.07 Å². The summed E-state index contributed by atoms with van der Waals surface area (Å²) in [5.74, 6) is -1.93. The fraction of sp³-hybridized carbons (Fsp3) is 0.308. The van der Waals surface area contributed by atoms with Gasteiger partial charge in [0.25, 0.3) is 5.91 Å². The quantitative estimate of drug-likeness (QED) is 0.793. The van der Waals surface area contributed by atoms with Gasteiger partial charge in [-0.25, -0.2) is 4.39 Å². The maximum Gasteiger partial charge on any atom is 0.406 e. The van der Waals surface area contributed by atoms with Gasteiger partial charge < -0.3 is 9.32 Å².